The van der Waals surface area contributed by atoms with E-state index in [1.165, 1.54) is 0 Å². The summed E-state index contributed by atoms with van der Waals surface area (Å²) >= 11 is 0. The fourth-order valence-electron chi connectivity index (χ4n) is 3.27. The van der Waals surface area contributed by atoms with E-state index in [0.29, 0.717) is 11.1 Å². The second-order valence-electron chi connectivity index (χ2n) is 6.98. The van der Waals surface area contributed by atoms with E-state index >= 15 is 0 Å². The minimum Gasteiger partial charge on any atom is -0.452 e. The van der Waals surface area contributed by atoms with Gasteiger partial charge in [-0.05, 0) is 49.4 Å². The minimum atomic E-state index is -0.664. The summed E-state index contributed by atoms with van der Waals surface area (Å²) in [5, 5.41) is 0. The molecule has 0 atom stereocenters. The topological polar surface area (TPSA) is 102 Å². The molecular formula is C24H20N4O4. The van der Waals surface area contributed by atoms with Gasteiger partial charge in [0.15, 0.2) is 6.61 Å². The van der Waals surface area contributed by atoms with Crippen LogP contribution in [0.3, 0.4) is 0 Å². The summed E-state index contributed by atoms with van der Waals surface area (Å²) in [7, 11) is 0. The molecule has 0 aliphatic heterocycles. The van der Waals surface area contributed by atoms with E-state index in [2.05, 4.69) is 15.8 Å². The quantitative estimate of drug-likeness (QED) is 0.376. The van der Waals surface area contributed by atoms with Crippen LogP contribution in [0.2, 0.25) is 0 Å². The lowest BCUT2D eigenvalue weighted by Crippen LogP contribution is -2.43. The maximum absolute atomic E-state index is 12.4. The molecule has 0 spiro atoms. The smallest absolute Gasteiger partial charge is 0.338 e. The van der Waals surface area contributed by atoms with Crippen molar-refractivity contribution in [2.24, 2.45) is 0 Å². The number of aryl methyl sites for hydroxylation is 1. The number of carbonyl (C=O) groups excluding carboxylic acids is 3. The molecule has 0 bridgehead atoms. The Balaban J connectivity index is 1.38. The number of carbonyl (C=O) groups is 3. The minimum absolute atomic E-state index is 0.274. The van der Waals surface area contributed by atoms with Crippen LogP contribution in [0.1, 0.15) is 26.5 Å². The lowest BCUT2D eigenvalue weighted by Gasteiger charge is -2.09. The normalized spacial score (nSPS) is 10.5. The Kier molecular flexibility index (Phi) is 5.94. The predicted molar refractivity (Wildman–Crippen MR) is 118 cm³/mol. The Morgan fingerprint density at radius 2 is 1.56 bits per heavy atom. The Labute approximate surface area is 183 Å². The molecule has 4 aromatic rings. The van der Waals surface area contributed by atoms with Gasteiger partial charge in [-0.15, -0.1) is 0 Å². The van der Waals surface area contributed by atoms with Crippen LogP contribution in [0.15, 0.2) is 78.9 Å². The lowest BCUT2D eigenvalue weighted by molar-refractivity contribution is -0.125. The van der Waals surface area contributed by atoms with Crippen molar-refractivity contribution in [3.63, 3.8) is 0 Å². The second-order valence-corrected chi connectivity index (χ2v) is 6.98. The first-order chi connectivity index (χ1) is 15.5. The number of nitrogens with zero attached hydrogens (tertiary/aromatic N) is 2. The SMILES string of the molecule is Cc1nc2cc(C(=O)OCC(=O)NNC(=O)c3ccccc3)ccc2n1-c1ccccc1. The molecule has 8 heteroatoms. The van der Waals surface area contributed by atoms with Crippen molar-refractivity contribution < 1.29 is 19.1 Å². The third-order valence-electron chi connectivity index (χ3n) is 4.76. The molecule has 4 rings (SSSR count). The number of rotatable bonds is 5. The van der Waals surface area contributed by atoms with Gasteiger partial charge in [-0.1, -0.05) is 36.4 Å². The van der Waals surface area contributed by atoms with Gasteiger partial charge in [-0.3, -0.25) is 25.0 Å². The summed E-state index contributed by atoms with van der Waals surface area (Å²) in [5.74, 6) is -1.01. The number of ether oxygens (including phenoxy) is 1. The third kappa shape index (κ3) is 4.49. The highest BCUT2D eigenvalue weighted by Crippen LogP contribution is 2.22. The van der Waals surface area contributed by atoms with Crippen LogP contribution < -0.4 is 10.9 Å². The molecule has 1 aromatic heterocycles. The van der Waals surface area contributed by atoms with Crippen molar-refractivity contribution in [1.29, 1.82) is 0 Å². The van der Waals surface area contributed by atoms with Crippen LogP contribution in [0, 0.1) is 6.92 Å². The first-order valence-corrected chi connectivity index (χ1v) is 9.89. The summed E-state index contributed by atoms with van der Waals surface area (Å²) in [6.07, 6.45) is 0. The van der Waals surface area contributed by atoms with Crippen LogP contribution in [0.4, 0.5) is 0 Å². The van der Waals surface area contributed by atoms with Crippen LogP contribution in [-0.4, -0.2) is 33.9 Å². The molecular weight excluding hydrogens is 408 g/mol. The van der Waals surface area contributed by atoms with Crippen molar-refractivity contribution in [2.45, 2.75) is 6.92 Å². The number of amides is 2. The van der Waals surface area contributed by atoms with E-state index in [1.807, 2.05) is 41.8 Å². The van der Waals surface area contributed by atoms with Gasteiger partial charge in [-0.25, -0.2) is 9.78 Å². The third-order valence-corrected chi connectivity index (χ3v) is 4.76. The molecule has 32 heavy (non-hydrogen) atoms. The Bertz CT molecular complexity index is 1280. The van der Waals surface area contributed by atoms with Gasteiger partial charge < -0.3 is 4.74 Å². The first kappa shape index (κ1) is 20.8. The van der Waals surface area contributed by atoms with Gasteiger partial charge >= 0.3 is 5.97 Å². The summed E-state index contributed by atoms with van der Waals surface area (Å²) in [6.45, 7) is 1.35. The molecule has 8 nitrogen and oxygen atoms in total. The van der Waals surface area contributed by atoms with Crippen LogP contribution in [0.5, 0.6) is 0 Å². The molecule has 0 saturated heterocycles. The van der Waals surface area contributed by atoms with Gasteiger partial charge in [0.2, 0.25) is 0 Å². The van der Waals surface area contributed by atoms with Crippen LogP contribution >= 0.6 is 0 Å². The summed E-state index contributed by atoms with van der Waals surface area (Å²) in [6, 6.07) is 23.2. The molecule has 0 radical (unpaired) electrons. The van der Waals surface area contributed by atoms with Crippen molar-refractivity contribution in [1.82, 2.24) is 20.4 Å². The highest BCUT2D eigenvalue weighted by Gasteiger charge is 2.15. The number of fused-ring (bicyclic) bond motifs is 1. The molecule has 1 heterocycles. The highest BCUT2D eigenvalue weighted by atomic mass is 16.5. The maximum Gasteiger partial charge on any atom is 0.338 e. The van der Waals surface area contributed by atoms with Crippen LogP contribution in [-0.2, 0) is 9.53 Å². The van der Waals surface area contributed by atoms with E-state index in [1.54, 1.807) is 48.5 Å². The molecule has 0 fully saturated rings. The zero-order valence-corrected chi connectivity index (χ0v) is 17.2. The number of imidazole rings is 1. The Hall–Kier alpha value is -4.46. The van der Waals surface area contributed by atoms with Crippen molar-refractivity contribution in [2.75, 3.05) is 6.61 Å². The molecule has 3 aromatic carbocycles. The van der Waals surface area contributed by atoms with E-state index in [-0.39, 0.29) is 5.56 Å². The van der Waals surface area contributed by atoms with Crippen molar-refractivity contribution in [3.05, 3.63) is 95.8 Å². The number of aromatic nitrogens is 2. The fourth-order valence-corrected chi connectivity index (χ4v) is 3.27. The summed E-state index contributed by atoms with van der Waals surface area (Å²) in [4.78, 5) is 40.8. The molecule has 0 aliphatic carbocycles. The number of hydrogen-bond acceptors (Lipinski definition) is 5. The van der Waals surface area contributed by atoms with Gasteiger partial charge in [0.05, 0.1) is 16.6 Å². The molecule has 0 saturated carbocycles. The van der Waals surface area contributed by atoms with E-state index in [4.69, 9.17) is 4.74 Å². The van der Waals surface area contributed by atoms with Crippen molar-refractivity contribution in [3.8, 4) is 5.69 Å². The average Bonchev–Trinajstić information content (AvgIpc) is 3.16. The van der Waals surface area contributed by atoms with E-state index in [0.717, 1.165) is 17.0 Å². The zero-order valence-electron chi connectivity index (χ0n) is 17.2. The maximum atomic E-state index is 12.4. The first-order valence-electron chi connectivity index (χ1n) is 9.89. The molecule has 2 amide bonds. The molecule has 0 unspecified atom stereocenters. The van der Waals surface area contributed by atoms with Gasteiger partial charge in [0.25, 0.3) is 11.8 Å². The highest BCUT2D eigenvalue weighted by molar-refractivity contribution is 5.97. The molecule has 0 aliphatic rings. The Morgan fingerprint density at radius 1 is 0.875 bits per heavy atom. The fraction of sp³-hybridized carbons (Fsp3) is 0.0833. The number of benzene rings is 3. The lowest BCUT2D eigenvalue weighted by atomic mass is 10.2. The van der Waals surface area contributed by atoms with Gasteiger partial charge in [0, 0.05) is 11.3 Å². The number of nitrogens with one attached hydrogen (secondary N) is 2. The van der Waals surface area contributed by atoms with Gasteiger partial charge in [0.1, 0.15) is 5.82 Å². The Morgan fingerprint density at radius 3 is 2.28 bits per heavy atom. The van der Waals surface area contributed by atoms with E-state index < -0.39 is 24.4 Å². The monoisotopic (exact) mass is 428 g/mol. The second kappa shape index (κ2) is 9.13. The number of para-hydroxylation sites is 1. The number of hydrogen-bond donors (Lipinski definition) is 2. The average molecular weight is 428 g/mol. The zero-order chi connectivity index (χ0) is 22.5. The summed E-state index contributed by atoms with van der Waals surface area (Å²) in [5.41, 5.74) is 7.61. The predicted octanol–water partition coefficient (Wildman–Crippen LogP) is 2.95. The standard InChI is InChI=1S/C24H20N4O4/c1-16-25-20-14-18(12-13-21(20)28(16)19-10-6-3-7-11-19)24(31)32-15-22(29)26-27-23(30)17-8-4-2-5-9-17/h2-14H,15H2,1H3,(H,26,29)(H,27,30). The molecule has 2 N–H and O–H groups in total. The van der Waals surface area contributed by atoms with Crippen LogP contribution in [0.25, 0.3) is 16.7 Å². The largest absolute Gasteiger partial charge is 0.452 e. The number of esters is 1. The number of hydrazine groups is 1. The van der Waals surface area contributed by atoms with Crippen molar-refractivity contribution >= 4 is 28.8 Å². The van der Waals surface area contributed by atoms with E-state index in [9.17, 15) is 14.4 Å². The molecule has 160 valence electrons. The summed E-state index contributed by atoms with van der Waals surface area (Å²) < 4.78 is 7.05. The van der Waals surface area contributed by atoms with Gasteiger partial charge in [-0.2, -0.15) is 0 Å².